The summed E-state index contributed by atoms with van der Waals surface area (Å²) in [5.74, 6) is -0.432. The monoisotopic (exact) mass is 589 g/mol. The SMILES string of the molecule is Cc1ccc(S(=O)(=O)n2cc(-c3ccc(C(=O)OC(C)(C)C)c(C)c3)c3nc(B4OC(C)(C)C(C)(C)O4)cnc32)cc1. The Labute approximate surface area is 247 Å². The van der Waals surface area contributed by atoms with Gasteiger partial charge in [-0.2, -0.15) is 0 Å². The van der Waals surface area contributed by atoms with Crippen molar-refractivity contribution in [3.63, 3.8) is 0 Å². The lowest BCUT2D eigenvalue weighted by Gasteiger charge is -2.32. The van der Waals surface area contributed by atoms with Gasteiger partial charge in [-0.1, -0.05) is 29.8 Å². The Morgan fingerprint density at radius 1 is 0.976 bits per heavy atom. The van der Waals surface area contributed by atoms with Gasteiger partial charge in [0.25, 0.3) is 10.0 Å². The van der Waals surface area contributed by atoms with Gasteiger partial charge < -0.3 is 14.0 Å². The minimum absolute atomic E-state index is 0.129. The van der Waals surface area contributed by atoms with Gasteiger partial charge in [0.1, 0.15) is 11.1 Å². The molecule has 1 aliphatic rings. The van der Waals surface area contributed by atoms with Crippen molar-refractivity contribution in [2.75, 3.05) is 0 Å². The maximum Gasteiger partial charge on any atom is 0.516 e. The number of carbonyl (C=O) groups is 1. The molecule has 0 amide bonds. The third kappa shape index (κ3) is 5.36. The van der Waals surface area contributed by atoms with Crippen molar-refractivity contribution >= 4 is 39.9 Å². The maximum absolute atomic E-state index is 13.8. The van der Waals surface area contributed by atoms with Gasteiger partial charge in [0.05, 0.1) is 27.3 Å². The van der Waals surface area contributed by atoms with Crippen molar-refractivity contribution in [2.45, 2.75) is 84.0 Å². The lowest BCUT2D eigenvalue weighted by Crippen LogP contribution is -2.41. The highest BCUT2D eigenvalue weighted by molar-refractivity contribution is 7.90. The van der Waals surface area contributed by atoms with Crippen molar-refractivity contribution in [3.05, 3.63) is 71.5 Å². The molecule has 1 saturated heterocycles. The molecule has 9 nitrogen and oxygen atoms in total. The summed E-state index contributed by atoms with van der Waals surface area (Å²) < 4.78 is 46.8. The molecule has 220 valence electrons. The molecular weight excluding hydrogens is 553 g/mol. The van der Waals surface area contributed by atoms with Gasteiger partial charge in [-0.15, -0.1) is 0 Å². The first-order valence-electron chi connectivity index (χ1n) is 13.8. The van der Waals surface area contributed by atoms with E-state index in [1.807, 2.05) is 68.4 Å². The minimum Gasteiger partial charge on any atom is -0.456 e. The fraction of sp³-hybridized carbons (Fsp3) is 0.387. The number of rotatable bonds is 5. The van der Waals surface area contributed by atoms with E-state index < -0.39 is 39.9 Å². The number of carbonyl (C=O) groups excluding carboxylic acids is 1. The zero-order chi connectivity index (χ0) is 30.8. The number of aromatic nitrogens is 3. The first-order chi connectivity index (χ1) is 19.4. The van der Waals surface area contributed by atoms with Crippen LogP contribution in [0, 0.1) is 13.8 Å². The molecule has 0 bridgehead atoms. The molecule has 42 heavy (non-hydrogen) atoms. The zero-order valence-electron chi connectivity index (χ0n) is 25.5. The normalized spacial score (nSPS) is 16.6. The van der Waals surface area contributed by atoms with E-state index in [4.69, 9.17) is 19.0 Å². The number of esters is 1. The van der Waals surface area contributed by atoms with E-state index >= 15 is 0 Å². The highest BCUT2D eigenvalue weighted by atomic mass is 32.2. The third-order valence-corrected chi connectivity index (χ3v) is 9.37. The van der Waals surface area contributed by atoms with Gasteiger partial charge in [0.15, 0.2) is 5.65 Å². The molecule has 11 heteroatoms. The average Bonchev–Trinajstić information content (AvgIpc) is 3.36. The summed E-state index contributed by atoms with van der Waals surface area (Å²) in [7, 11) is -4.80. The quantitative estimate of drug-likeness (QED) is 0.231. The topological polar surface area (TPSA) is 110 Å². The van der Waals surface area contributed by atoms with Gasteiger partial charge in [-0.3, -0.25) is 4.98 Å². The molecule has 0 N–H and O–H groups in total. The molecule has 0 radical (unpaired) electrons. The second-order valence-corrected chi connectivity index (χ2v) is 14.6. The summed E-state index contributed by atoms with van der Waals surface area (Å²) in [4.78, 5) is 22.4. The number of fused-ring (bicyclic) bond motifs is 1. The van der Waals surface area contributed by atoms with E-state index in [0.29, 0.717) is 33.4 Å². The highest BCUT2D eigenvalue weighted by Gasteiger charge is 2.52. The highest BCUT2D eigenvalue weighted by Crippen LogP contribution is 2.37. The van der Waals surface area contributed by atoms with Crippen LogP contribution in [0.25, 0.3) is 22.3 Å². The standard InChI is InChI=1S/C31H36BN3O6S/c1-19-10-13-22(14-11-19)42(37,38)35-18-24(21-12-15-23(20(2)16-21)28(36)39-29(3,4)5)26-27(35)33-17-25(34-26)32-40-30(6,7)31(8,9)41-32/h10-18H,1-9H3. The van der Waals surface area contributed by atoms with Crippen LogP contribution < -0.4 is 5.59 Å². The molecule has 0 unspecified atom stereocenters. The predicted octanol–water partition coefficient (Wildman–Crippen LogP) is 5.21. The summed E-state index contributed by atoms with van der Waals surface area (Å²) in [5, 5.41) is 0. The van der Waals surface area contributed by atoms with E-state index in [1.165, 1.54) is 12.4 Å². The van der Waals surface area contributed by atoms with Crippen LogP contribution in [0.3, 0.4) is 0 Å². The first-order valence-corrected chi connectivity index (χ1v) is 15.2. The van der Waals surface area contributed by atoms with Crippen LogP contribution in [-0.4, -0.2) is 52.2 Å². The fourth-order valence-corrected chi connectivity index (χ4v) is 5.98. The molecule has 3 heterocycles. The van der Waals surface area contributed by atoms with Gasteiger partial charge in [0.2, 0.25) is 0 Å². The van der Waals surface area contributed by atoms with Crippen molar-refractivity contribution in [2.24, 2.45) is 0 Å². The Balaban J connectivity index is 1.67. The number of hydrogen-bond donors (Lipinski definition) is 0. The predicted molar refractivity (Wildman–Crippen MR) is 162 cm³/mol. The number of aryl methyl sites for hydroxylation is 2. The van der Waals surface area contributed by atoms with Crippen LogP contribution >= 0.6 is 0 Å². The van der Waals surface area contributed by atoms with E-state index in [1.54, 1.807) is 36.4 Å². The van der Waals surface area contributed by atoms with Gasteiger partial charge in [-0.05, 0) is 91.6 Å². The Morgan fingerprint density at radius 2 is 1.60 bits per heavy atom. The molecule has 0 spiro atoms. The van der Waals surface area contributed by atoms with E-state index in [0.717, 1.165) is 9.54 Å². The second kappa shape index (κ2) is 10.0. The minimum atomic E-state index is -4.01. The Kier molecular flexibility index (Phi) is 7.15. The van der Waals surface area contributed by atoms with E-state index in [2.05, 4.69) is 4.98 Å². The van der Waals surface area contributed by atoms with Crippen LogP contribution in [0.5, 0.6) is 0 Å². The average molecular weight is 590 g/mol. The van der Waals surface area contributed by atoms with Gasteiger partial charge >= 0.3 is 13.1 Å². The zero-order valence-corrected chi connectivity index (χ0v) is 26.3. The van der Waals surface area contributed by atoms with Crippen LogP contribution in [0.1, 0.15) is 70.0 Å². The first kappa shape index (κ1) is 29.9. The summed E-state index contributed by atoms with van der Waals surface area (Å²) in [6.45, 7) is 16.9. The van der Waals surface area contributed by atoms with Crippen molar-refractivity contribution in [1.29, 1.82) is 0 Å². The molecule has 2 aromatic carbocycles. The largest absolute Gasteiger partial charge is 0.516 e. The fourth-order valence-electron chi connectivity index (χ4n) is 4.67. The van der Waals surface area contributed by atoms with E-state index in [-0.39, 0.29) is 10.5 Å². The van der Waals surface area contributed by atoms with Crippen LogP contribution in [-0.2, 0) is 24.1 Å². The second-order valence-electron chi connectivity index (χ2n) is 12.7. The number of hydrogen-bond acceptors (Lipinski definition) is 8. The Hall–Kier alpha value is -3.54. The molecule has 5 rings (SSSR count). The lowest BCUT2D eigenvalue weighted by atomic mass is 9.85. The van der Waals surface area contributed by atoms with Crippen molar-refractivity contribution < 1.29 is 27.3 Å². The molecule has 2 aromatic heterocycles. The molecule has 0 aliphatic carbocycles. The summed E-state index contributed by atoms with van der Waals surface area (Å²) >= 11 is 0. The molecule has 4 aromatic rings. The number of nitrogens with zero attached hydrogens (tertiary/aromatic N) is 3. The van der Waals surface area contributed by atoms with Gasteiger partial charge in [-0.25, -0.2) is 22.2 Å². The summed E-state index contributed by atoms with van der Waals surface area (Å²) in [6, 6.07) is 11.9. The smallest absolute Gasteiger partial charge is 0.456 e. The van der Waals surface area contributed by atoms with Crippen LogP contribution in [0.2, 0.25) is 0 Å². The molecule has 0 saturated carbocycles. The molecule has 0 atom stereocenters. The van der Waals surface area contributed by atoms with Crippen LogP contribution in [0.4, 0.5) is 0 Å². The maximum atomic E-state index is 13.8. The number of ether oxygens (including phenoxy) is 1. The molecule has 1 fully saturated rings. The van der Waals surface area contributed by atoms with Gasteiger partial charge in [0, 0.05) is 18.0 Å². The van der Waals surface area contributed by atoms with Crippen molar-refractivity contribution in [1.82, 2.24) is 13.9 Å². The Morgan fingerprint density at radius 3 is 2.17 bits per heavy atom. The van der Waals surface area contributed by atoms with E-state index in [9.17, 15) is 13.2 Å². The third-order valence-electron chi connectivity index (χ3n) is 7.71. The number of benzene rings is 2. The van der Waals surface area contributed by atoms with Crippen LogP contribution in [0.15, 0.2) is 59.8 Å². The molecule has 1 aliphatic heterocycles. The van der Waals surface area contributed by atoms with Crippen molar-refractivity contribution in [3.8, 4) is 11.1 Å². The lowest BCUT2D eigenvalue weighted by molar-refractivity contribution is 0.00578. The Bertz CT molecular complexity index is 1790. The molecular formula is C31H36BN3O6S. The summed E-state index contributed by atoms with van der Waals surface area (Å²) in [6.07, 6.45) is 3.02. The summed E-state index contributed by atoms with van der Waals surface area (Å²) in [5.41, 5.74) is 2.39.